The second kappa shape index (κ2) is 7.20. The molecule has 0 saturated carbocycles. The van der Waals surface area contributed by atoms with Gasteiger partial charge in [-0.05, 0) is 33.6 Å². The first-order valence-corrected chi connectivity index (χ1v) is 7.63. The lowest BCUT2D eigenvalue weighted by Crippen LogP contribution is -2.22. The maximum absolute atomic E-state index is 13.3. The van der Waals surface area contributed by atoms with Crippen molar-refractivity contribution in [2.24, 2.45) is 0 Å². The molecule has 1 aromatic carbocycles. The maximum atomic E-state index is 13.3. The van der Waals surface area contributed by atoms with Crippen molar-refractivity contribution in [3.63, 3.8) is 0 Å². The highest BCUT2D eigenvalue weighted by Gasteiger charge is 2.09. The zero-order chi connectivity index (χ0) is 15.4. The van der Waals surface area contributed by atoms with E-state index in [2.05, 4.69) is 40.1 Å². The van der Waals surface area contributed by atoms with Crippen LogP contribution in [0.5, 0.6) is 11.6 Å². The van der Waals surface area contributed by atoms with Gasteiger partial charge in [0, 0.05) is 30.9 Å². The Labute approximate surface area is 136 Å². The Kier molecular flexibility index (Phi) is 5.56. The molecule has 1 heterocycles. The van der Waals surface area contributed by atoms with Crippen LogP contribution < -0.4 is 10.1 Å². The molecule has 0 amide bonds. The number of hydrogen-bond donors (Lipinski definition) is 1. The Balaban J connectivity index is 2.20. The lowest BCUT2D eigenvalue weighted by molar-refractivity contribution is 0.453. The van der Waals surface area contributed by atoms with E-state index in [0.29, 0.717) is 33.7 Å². The first kappa shape index (κ1) is 16.2. The molecule has 2 rings (SSSR count). The van der Waals surface area contributed by atoms with Crippen LogP contribution in [0, 0.1) is 5.82 Å². The molecule has 0 fully saturated rings. The summed E-state index contributed by atoms with van der Waals surface area (Å²) in [5, 5.41) is 3.84. The highest BCUT2D eigenvalue weighted by Crippen LogP contribution is 2.30. The molecule has 0 atom stereocenters. The van der Waals surface area contributed by atoms with Gasteiger partial charge in [0.25, 0.3) is 0 Å². The van der Waals surface area contributed by atoms with E-state index in [1.165, 1.54) is 18.3 Å². The van der Waals surface area contributed by atoms with Crippen LogP contribution in [-0.2, 0) is 6.54 Å². The number of halogens is 3. The fourth-order valence-corrected chi connectivity index (χ4v) is 2.13. The van der Waals surface area contributed by atoms with E-state index in [1.807, 2.05) is 0 Å². The van der Waals surface area contributed by atoms with Crippen molar-refractivity contribution in [1.82, 2.24) is 10.3 Å². The lowest BCUT2D eigenvalue weighted by atomic mass is 10.2. The third-order valence-corrected chi connectivity index (χ3v) is 3.71. The molecule has 6 heteroatoms. The SMILES string of the molecule is CC(C)NCc1cc(Oc2cc(F)ccc2Br)ncc1Cl. The number of aromatic nitrogens is 1. The molecule has 2 aromatic rings. The third kappa shape index (κ3) is 4.66. The molecule has 0 spiro atoms. The number of pyridine rings is 1. The number of rotatable bonds is 5. The minimum atomic E-state index is -0.371. The van der Waals surface area contributed by atoms with Gasteiger partial charge in [0.2, 0.25) is 5.88 Å². The molecule has 0 radical (unpaired) electrons. The van der Waals surface area contributed by atoms with Crippen molar-refractivity contribution in [3.05, 3.63) is 51.3 Å². The molecule has 0 aliphatic rings. The van der Waals surface area contributed by atoms with Crippen LogP contribution in [0.15, 0.2) is 34.9 Å². The number of nitrogens with one attached hydrogen (secondary N) is 1. The molecule has 0 aliphatic carbocycles. The quantitative estimate of drug-likeness (QED) is 0.807. The van der Waals surface area contributed by atoms with Gasteiger partial charge in [-0.15, -0.1) is 0 Å². The molecule has 0 unspecified atom stereocenters. The van der Waals surface area contributed by atoms with Gasteiger partial charge in [0.15, 0.2) is 0 Å². The summed E-state index contributed by atoms with van der Waals surface area (Å²) in [5.74, 6) is 0.364. The number of nitrogens with zero attached hydrogens (tertiary/aromatic N) is 1. The molecule has 0 aliphatic heterocycles. The lowest BCUT2D eigenvalue weighted by Gasteiger charge is -2.12. The van der Waals surface area contributed by atoms with E-state index in [9.17, 15) is 4.39 Å². The first-order valence-electron chi connectivity index (χ1n) is 6.46. The molecular formula is C15H15BrClFN2O. The predicted octanol–water partition coefficient (Wildman–Crippen LogP) is 4.93. The number of benzene rings is 1. The summed E-state index contributed by atoms with van der Waals surface area (Å²) in [5.41, 5.74) is 0.878. The minimum absolute atomic E-state index is 0.343. The molecule has 1 aromatic heterocycles. The van der Waals surface area contributed by atoms with Gasteiger partial charge < -0.3 is 10.1 Å². The minimum Gasteiger partial charge on any atom is -0.438 e. The van der Waals surface area contributed by atoms with Gasteiger partial charge in [-0.3, -0.25) is 0 Å². The van der Waals surface area contributed by atoms with E-state index in [-0.39, 0.29) is 5.82 Å². The van der Waals surface area contributed by atoms with E-state index < -0.39 is 0 Å². The van der Waals surface area contributed by atoms with Gasteiger partial charge >= 0.3 is 0 Å². The van der Waals surface area contributed by atoms with Crippen molar-refractivity contribution >= 4 is 27.5 Å². The van der Waals surface area contributed by atoms with E-state index in [4.69, 9.17) is 16.3 Å². The van der Waals surface area contributed by atoms with Crippen LogP contribution in [0.3, 0.4) is 0 Å². The van der Waals surface area contributed by atoms with Gasteiger partial charge in [-0.2, -0.15) is 0 Å². The Morgan fingerprint density at radius 2 is 2.14 bits per heavy atom. The fraction of sp³-hybridized carbons (Fsp3) is 0.267. The topological polar surface area (TPSA) is 34.1 Å². The predicted molar refractivity (Wildman–Crippen MR) is 85.4 cm³/mol. The van der Waals surface area contributed by atoms with Crippen LogP contribution in [-0.4, -0.2) is 11.0 Å². The van der Waals surface area contributed by atoms with Crippen LogP contribution in [0.2, 0.25) is 5.02 Å². The van der Waals surface area contributed by atoms with E-state index in [1.54, 1.807) is 12.1 Å². The normalized spacial score (nSPS) is 11.0. The summed E-state index contributed by atoms with van der Waals surface area (Å²) in [6.07, 6.45) is 1.53. The van der Waals surface area contributed by atoms with Crippen LogP contribution in [0.25, 0.3) is 0 Å². The molecule has 0 bridgehead atoms. The largest absolute Gasteiger partial charge is 0.438 e. The van der Waals surface area contributed by atoms with E-state index in [0.717, 1.165) is 5.56 Å². The summed E-state index contributed by atoms with van der Waals surface area (Å²) in [4.78, 5) is 4.11. The molecule has 21 heavy (non-hydrogen) atoms. The monoisotopic (exact) mass is 372 g/mol. The van der Waals surface area contributed by atoms with Crippen molar-refractivity contribution < 1.29 is 9.13 Å². The second-order valence-corrected chi connectivity index (χ2v) is 6.09. The van der Waals surface area contributed by atoms with Crippen molar-refractivity contribution in [2.45, 2.75) is 26.4 Å². The fourth-order valence-electron chi connectivity index (χ4n) is 1.63. The summed E-state index contributed by atoms with van der Waals surface area (Å²) < 4.78 is 19.5. The second-order valence-electron chi connectivity index (χ2n) is 4.83. The molecule has 1 N–H and O–H groups in total. The standard InChI is InChI=1S/C15H15BrClFN2O/c1-9(2)19-7-10-5-15(20-8-13(10)17)21-14-6-11(18)3-4-12(14)16/h3-6,8-9,19H,7H2,1-2H3. The van der Waals surface area contributed by atoms with Crippen LogP contribution >= 0.6 is 27.5 Å². The molecule has 3 nitrogen and oxygen atoms in total. The number of ether oxygens (including phenoxy) is 1. The highest BCUT2D eigenvalue weighted by molar-refractivity contribution is 9.10. The number of hydrogen-bond acceptors (Lipinski definition) is 3. The van der Waals surface area contributed by atoms with E-state index >= 15 is 0 Å². The Morgan fingerprint density at radius 3 is 2.86 bits per heavy atom. The van der Waals surface area contributed by atoms with Crippen molar-refractivity contribution in [2.75, 3.05) is 0 Å². The smallest absolute Gasteiger partial charge is 0.219 e. The summed E-state index contributed by atoms with van der Waals surface area (Å²) >= 11 is 9.42. The molecule has 0 saturated heterocycles. The third-order valence-electron chi connectivity index (χ3n) is 2.72. The maximum Gasteiger partial charge on any atom is 0.219 e. The average molecular weight is 374 g/mol. The first-order chi connectivity index (χ1) is 9.95. The van der Waals surface area contributed by atoms with Gasteiger partial charge in [-0.25, -0.2) is 9.37 Å². The zero-order valence-corrected chi connectivity index (χ0v) is 14.0. The van der Waals surface area contributed by atoms with Crippen molar-refractivity contribution in [1.29, 1.82) is 0 Å². The summed E-state index contributed by atoms with van der Waals surface area (Å²) in [7, 11) is 0. The average Bonchev–Trinajstić information content (AvgIpc) is 2.43. The summed E-state index contributed by atoms with van der Waals surface area (Å²) in [6, 6.07) is 6.32. The Morgan fingerprint density at radius 1 is 1.38 bits per heavy atom. The van der Waals surface area contributed by atoms with Crippen LogP contribution in [0.4, 0.5) is 4.39 Å². The zero-order valence-electron chi connectivity index (χ0n) is 11.7. The van der Waals surface area contributed by atoms with Gasteiger partial charge in [0.05, 0.1) is 9.50 Å². The van der Waals surface area contributed by atoms with Gasteiger partial charge in [0.1, 0.15) is 11.6 Å². The molecular weight excluding hydrogens is 359 g/mol. The van der Waals surface area contributed by atoms with Gasteiger partial charge in [-0.1, -0.05) is 25.4 Å². The molecule has 112 valence electrons. The Hall–Kier alpha value is -1.17. The van der Waals surface area contributed by atoms with Crippen LogP contribution in [0.1, 0.15) is 19.4 Å². The highest BCUT2D eigenvalue weighted by atomic mass is 79.9. The van der Waals surface area contributed by atoms with Crippen molar-refractivity contribution in [3.8, 4) is 11.6 Å². The Bertz CT molecular complexity index is 637. The summed E-state index contributed by atoms with van der Waals surface area (Å²) in [6.45, 7) is 4.71.